The second-order valence-corrected chi connectivity index (χ2v) is 5.82. The van der Waals surface area contributed by atoms with Crippen LogP contribution in [0.4, 0.5) is 5.82 Å². The number of aromatic nitrogens is 4. The highest BCUT2D eigenvalue weighted by Gasteiger charge is 2.18. The number of anilines is 1. The van der Waals surface area contributed by atoms with Gasteiger partial charge in [-0.25, -0.2) is 9.97 Å². The van der Waals surface area contributed by atoms with E-state index >= 15 is 0 Å². The number of rotatable bonds is 2. The van der Waals surface area contributed by atoms with E-state index in [-0.39, 0.29) is 17.0 Å². The summed E-state index contributed by atoms with van der Waals surface area (Å²) < 4.78 is 0. The average molecular weight is 279 g/mol. The summed E-state index contributed by atoms with van der Waals surface area (Å²) in [5, 5.41) is 1.05. The molecule has 0 aromatic carbocycles. The predicted octanol–water partition coefficient (Wildman–Crippen LogP) is 0.623. The molecule has 0 amide bonds. The van der Waals surface area contributed by atoms with Crippen molar-refractivity contribution in [3.05, 3.63) is 20.7 Å². The molecule has 2 heterocycles. The molecule has 3 rings (SSSR count). The van der Waals surface area contributed by atoms with Crippen LogP contribution in [-0.4, -0.2) is 25.2 Å². The second kappa shape index (κ2) is 4.69. The van der Waals surface area contributed by atoms with Crippen molar-refractivity contribution in [3.63, 3.8) is 0 Å². The number of nitrogen functional groups attached to an aromatic ring is 1. The molecule has 8 heteroatoms. The zero-order valence-corrected chi connectivity index (χ0v) is 10.9. The normalized spacial score (nSPS) is 16.2. The number of aromatic amines is 2. The van der Waals surface area contributed by atoms with Crippen molar-refractivity contribution in [2.24, 2.45) is 0 Å². The van der Waals surface area contributed by atoms with Gasteiger partial charge < -0.3 is 15.7 Å². The Morgan fingerprint density at radius 1 is 1.11 bits per heavy atom. The van der Waals surface area contributed by atoms with E-state index in [0.29, 0.717) is 10.4 Å². The van der Waals surface area contributed by atoms with Gasteiger partial charge in [0.2, 0.25) is 0 Å². The van der Waals surface area contributed by atoms with Crippen molar-refractivity contribution < 1.29 is 0 Å². The highest BCUT2D eigenvalue weighted by Crippen LogP contribution is 2.33. The van der Waals surface area contributed by atoms with Crippen LogP contribution in [0.2, 0.25) is 0 Å². The molecule has 100 valence electrons. The number of H-pyrrole nitrogens is 2. The Balaban J connectivity index is 2.05. The van der Waals surface area contributed by atoms with Crippen molar-refractivity contribution >= 4 is 28.7 Å². The standard InChI is InChI=1S/C11H13N5O2S/c12-7-6-8(15-10(18)9(17)13-6)16-11(14-7)19-5-3-1-2-4-5/h5H,1-4H2,(H,13,17)(H3,12,14,15,16,18). The molecule has 0 aliphatic heterocycles. The van der Waals surface area contributed by atoms with Gasteiger partial charge in [-0.15, -0.1) is 0 Å². The van der Waals surface area contributed by atoms with E-state index in [0.717, 1.165) is 12.8 Å². The maximum absolute atomic E-state index is 11.3. The van der Waals surface area contributed by atoms with Crippen LogP contribution in [0.5, 0.6) is 0 Å². The lowest BCUT2D eigenvalue weighted by Gasteiger charge is -2.08. The Kier molecular flexibility index (Phi) is 3.02. The summed E-state index contributed by atoms with van der Waals surface area (Å²) in [7, 11) is 0. The summed E-state index contributed by atoms with van der Waals surface area (Å²) in [4.78, 5) is 35.8. The van der Waals surface area contributed by atoms with Crippen LogP contribution in [0, 0.1) is 0 Å². The second-order valence-electron chi connectivity index (χ2n) is 4.55. The molecule has 0 atom stereocenters. The third kappa shape index (κ3) is 2.35. The smallest absolute Gasteiger partial charge is 0.315 e. The fourth-order valence-electron chi connectivity index (χ4n) is 2.21. The Hall–Kier alpha value is -1.83. The molecule has 0 unspecified atom stereocenters. The molecule has 2 aromatic rings. The summed E-state index contributed by atoms with van der Waals surface area (Å²) in [5.41, 5.74) is 4.86. The van der Waals surface area contributed by atoms with Crippen LogP contribution >= 0.6 is 11.8 Å². The fourth-order valence-corrected chi connectivity index (χ4v) is 3.38. The summed E-state index contributed by atoms with van der Waals surface area (Å²) in [6.07, 6.45) is 4.75. The summed E-state index contributed by atoms with van der Waals surface area (Å²) in [6, 6.07) is 0. The van der Waals surface area contributed by atoms with Crippen molar-refractivity contribution in [1.82, 2.24) is 19.9 Å². The van der Waals surface area contributed by atoms with Crippen molar-refractivity contribution in [2.45, 2.75) is 36.1 Å². The van der Waals surface area contributed by atoms with Gasteiger partial charge in [0.25, 0.3) is 0 Å². The zero-order valence-electron chi connectivity index (χ0n) is 10.1. The first-order valence-electron chi connectivity index (χ1n) is 6.10. The molecule has 7 nitrogen and oxygen atoms in total. The number of nitrogens with two attached hydrogens (primary N) is 1. The van der Waals surface area contributed by atoms with Crippen LogP contribution in [0.15, 0.2) is 14.7 Å². The van der Waals surface area contributed by atoms with Gasteiger partial charge in [0, 0.05) is 5.25 Å². The van der Waals surface area contributed by atoms with E-state index in [1.54, 1.807) is 11.8 Å². The molecule has 0 bridgehead atoms. The van der Waals surface area contributed by atoms with Crippen LogP contribution in [0.3, 0.4) is 0 Å². The number of nitrogens with one attached hydrogen (secondary N) is 2. The monoisotopic (exact) mass is 279 g/mol. The quantitative estimate of drug-likeness (QED) is 0.548. The molecule has 1 fully saturated rings. The first-order valence-corrected chi connectivity index (χ1v) is 6.98. The van der Waals surface area contributed by atoms with E-state index in [4.69, 9.17) is 5.73 Å². The van der Waals surface area contributed by atoms with Gasteiger partial charge in [-0.2, -0.15) is 0 Å². The SMILES string of the molecule is Nc1nc(SC2CCCC2)nc2[nH]c(=O)c(=O)[nH]c12. The minimum atomic E-state index is -0.751. The highest BCUT2D eigenvalue weighted by molar-refractivity contribution is 7.99. The highest BCUT2D eigenvalue weighted by atomic mass is 32.2. The van der Waals surface area contributed by atoms with Gasteiger partial charge in [-0.1, -0.05) is 24.6 Å². The van der Waals surface area contributed by atoms with Gasteiger partial charge in [0.15, 0.2) is 16.6 Å². The summed E-state index contributed by atoms with van der Waals surface area (Å²) in [5.74, 6) is 0.179. The number of thioether (sulfide) groups is 1. The molecule has 19 heavy (non-hydrogen) atoms. The molecular formula is C11H13N5O2S. The van der Waals surface area contributed by atoms with Gasteiger partial charge in [0.05, 0.1) is 0 Å². The molecule has 0 radical (unpaired) electrons. The number of hydrogen-bond acceptors (Lipinski definition) is 6. The Morgan fingerprint density at radius 2 is 1.79 bits per heavy atom. The maximum Gasteiger partial charge on any atom is 0.315 e. The van der Waals surface area contributed by atoms with E-state index in [2.05, 4.69) is 19.9 Å². The topological polar surface area (TPSA) is 118 Å². The van der Waals surface area contributed by atoms with Gasteiger partial charge in [-0.3, -0.25) is 9.59 Å². The minimum absolute atomic E-state index is 0.179. The first kappa shape index (κ1) is 12.2. The average Bonchev–Trinajstić information content (AvgIpc) is 2.85. The van der Waals surface area contributed by atoms with Crippen LogP contribution in [0.1, 0.15) is 25.7 Å². The van der Waals surface area contributed by atoms with Crippen molar-refractivity contribution in [3.8, 4) is 0 Å². The lowest BCUT2D eigenvalue weighted by atomic mass is 10.4. The molecule has 1 aliphatic rings. The number of nitrogens with zero attached hydrogens (tertiary/aromatic N) is 2. The molecule has 1 aliphatic carbocycles. The minimum Gasteiger partial charge on any atom is -0.382 e. The Morgan fingerprint density at radius 3 is 2.53 bits per heavy atom. The largest absolute Gasteiger partial charge is 0.382 e. The summed E-state index contributed by atoms with van der Waals surface area (Å²) in [6.45, 7) is 0. The molecule has 2 aromatic heterocycles. The van der Waals surface area contributed by atoms with Crippen LogP contribution < -0.4 is 16.9 Å². The molecule has 1 saturated carbocycles. The summed E-state index contributed by atoms with van der Waals surface area (Å²) >= 11 is 1.57. The Labute approximate surface area is 112 Å². The number of hydrogen-bond donors (Lipinski definition) is 3. The molecule has 4 N–H and O–H groups in total. The van der Waals surface area contributed by atoms with Crippen LogP contribution in [0.25, 0.3) is 11.2 Å². The number of fused-ring (bicyclic) bond motifs is 1. The van der Waals surface area contributed by atoms with E-state index in [1.165, 1.54) is 12.8 Å². The zero-order chi connectivity index (χ0) is 13.4. The molecular weight excluding hydrogens is 266 g/mol. The fraction of sp³-hybridized carbons (Fsp3) is 0.455. The molecule has 0 spiro atoms. The molecule has 0 saturated heterocycles. The first-order chi connectivity index (χ1) is 9.13. The Bertz CT molecular complexity index is 732. The lowest BCUT2D eigenvalue weighted by molar-refractivity contribution is 0.886. The van der Waals surface area contributed by atoms with E-state index in [9.17, 15) is 9.59 Å². The third-order valence-corrected chi connectivity index (χ3v) is 4.37. The van der Waals surface area contributed by atoms with E-state index < -0.39 is 11.1 Å². The van der Waals surface area contributed by atoms with Crippen LogP contribution in [-0.2, 0) is 0 Å². The van der Waals surface area contributed by atoms with Gasteiger partial charge in [-0.05, 0) is 12.8 Å². The van der Waals surface area contributed by atoms with E-state index in [1.807, 2.05) is 0 Å². The maximum atomic E-state index is 11.3. The third-order valence-electron chi connectivity index (χ3n) is 3.17. The van der Waals surface area contributed by atoms with Gasteiger partial charge in [0.1, 0.15) is 5.52 Å². The predicted molar refractivity (Wildman–Crippen MR) is 73.3 cm³/mol. The van der Waals surface area contributed by atoms with Crippen molar-refractivity contribution in [2.75, 3.05) is 5.73 Å². The lowest BCUT2D eigenvalue weighted by Crippen LogP contribution is -2.29. The van der Waals surface area contributed by atoms with Crippen molar-refractivity contribution in [1.29, 1.82) is 0 Å². The van der Waals surface area contributed by atoms with Gasteiger partial charge >= 0.3 is 11.1 Å².